The number of aromatic hydroxyl groups is 2. The highest BCUT2D eigenvalue weighted by Gasteiger charge is 2.32. The second-order valence-corrected chi connectivity index (χ2v) is 4.67. The van der Waals surface area contributed by atoms with E-state index in [2.05, 4.69) is 5.32 Å². The van der Waals surface area contributed by atoms with Crippen LogP contribution >= 0.6 is 0 Å². The summed E-state index contributed by atoms with van der Waals surface area (Å²) in [6, 6.07) is 2.65. The van der Waals surface area contributed by atoms with Gasteiger partial charge in [0.25, 0.3) is 0 Å². The summed E-state index contributed by atoms with van der Waals surface area (Å²) in [4.78, 5) is 22.9. The topological polar surface area (TPSA) is 91.6 Å². The van der Waals surface area contributed by atoms with Gasteiger partial charge < -0.3 is 10.2 Å². The fraction of sp³-hybridized carbons (Fsp3) is 0.231. The van der Waals surface area contributed by atoms with Crippen LogP contribution in [0.4, 0.5) is 4.39 Å². The van der Waals surface area contributed by atoms with E-state index in [9.17, 15) is 24.2 Å². The number of aromatic nitrogens is 1. The van der Waals surface area contributed by atoms with Gasteiger partial charge in [-0.25, -0.2) is 4.39 Å². The van der Waals surface area contributed by atoms with Crippen molar-refractivity contribution in [2.24, 2.45) is 0 Å². The van der Waals surface area contributed by atoms with E-state index in [1.165, 1.54) is 6.07 Å². The van der Waals surface area contributed by atoms with Gasteiger partial charge in [-0.2, -0.15) is 0 Å². The van der Waals surface area contributed by atoms with Crippen molar-refractivity contribution in [3.63, 3.8) is 0 Å². The Balaban J connectivity index is 2.16. The molecule has 0 aliphatic carbocycles. The molecule has 1 fully saturated rings. The first kappa shape index (κ1) is 12.5. The maximum absolute atomic E-state index is 13.2. The minimum atomic E-state index is -0.900. The van der Waals surface area contributed by atoms with Gasteiger partial charge in [-0.05, 0) is 24.6 Å². The lowest BCUT2D eigenvalue weighted by atomic mass is 10.1. The molecule has 3 N–H and O–H groups in total. The highest BCUT2D eigenvalue weighted by Crippen LogP contribution is 2.40. The number of halogens is 1. The Labute approximate surface area is 112 Å². The standard InChI is InChI=1S/C13H11FN2O4/c14-6-1-2-7-8(5-6)13(20)16(12(7)19)9-3-4-10(17)15-11(9)18/h1-2,5,9,19-20H,3-4H2,(H,15,17,18). The van der Waals surface area contributed by atoms with Gasteiger partial charge in [0.15, 0.2) is 0 Å². The van der Waals surface area contributed by atoms with Crippen LogP contribution in [0, 0.1) is 5.82 Å². The molecule has 1 aromatic carbocycles. The average molecular weight is 278 g/mol. The largest absolute Gasteiger partial charge is 0.494 e. The van der Waals surface area contributed by atoms with Crippen LogP contribution in [-0.2, 0) is 9.59 Å². The first-order chi connectivity index (χ1) is 9.49. The second kappa shape index (κ2) is 4.22. The quantitative estimate of drug-likeness (QED) is 0.683. The van der Waals surface area contributed by atoms with Crippen LogP contribution in [0.3, 0.4) is 0 Å². The highest BCUT2D eigenvalue weighted by molar-refractivity contribution is 6.01. The SMILES string of the molecule is O=C1CCC(n2c(O)c3ccc(F)cc3c2O)C(=O)N1. The van der Waals surface area contributed by atoms with Crippen molar-refractivity contribution in [1.29, 1.82) is 0 Å². The van der Waals surface area contributed by atoms with E-state index in [0.29, 0.717) is 0 Å². The molecule has 2 amide bonds. The van der Waals surface area contributed by atoms with Gasteiger partial charge in [0.2, 0.25) is 23.6 Å². The zero-order valence-electron chi connectivity index (χ0n) is 10.3. The van der Waals surface area contributed by atoms with Gasteiger partial charge in [-0.15, -0.1) is 0 Å². The molecule has 1 aliphatic heterocycles. The van der Waals surface area contributed by atoms with Crippen LogP contribution in [0.25, 0.3) is 10.8 Å². The number of piperidine rings is 1. The molecule has 1 atom stereocenters. The number of imide groups is 1. The summed E-state index contributed by atoms with van der Waals surface area (Å²) < 4.78 is 14.2. The van der Waals surface area contributed by atoms with Crippen LogP contribution in [0.5, 0.6) is 11.8 Å². The lowest BCUT2D eigenvalue weighted by molar-refractivity contribution is -0.135. The molecule has 104 valence electrons. The molecule has 6 nitrogen and oxygen atoms in total. The van der Waals surface area contributed by atoms with E-state index < -0.39 is 29.6 Å². The van der Waals surface area contributed by atoms with Gasteiger partial charge in [-0.3, -0.25) is 19.5 Å². The number of hydrogen-bond acceptors (Lipinski definition) is 4. The van der Waals surface area contributed by atoms with Gasteiger partial charge in [0, 0.05) is 11.8 Å². The fourth-order valence-electron chi connectivity index (χ4n) is 2.48. The lowest BCUT2D eigenvalue weighted by Crippen LogP contribution is -2.41. The van der Waals surface area contributed by atoms with Crippen molar-refractivity contribution in [2.45, 2.75) is 18.9 Å². The number of rotatable bonds is 1. The van der Waals surface area contributed by atoms with E-state index in [1.807, 2.05) is 0 Å². The van der Waals surface area contributed by atoms with Gasteiger partial charge >= 0.3 is 0 Å². The smallest absolute Gasteiger partial charge is 0.249 e. The first-order valence-electron chi connectivity index (χ1n) is 6.04. The molecule has 1 aromatic heterocycles. The maximum Gasteiger partial charge on any atom is 0.249 e. The van der Waals surface area contributed by atoms with Crippen molar-refractivity contribution in [3.8, 4) is 11.8 Å². The van der Waals surface area contributed by atoms with Crippen LogP contribution in [0.2, 0.25) is 0 Å². The molecule has 20 heavy (non-hydrogen) atoms. The number of amides is 2. The molecular weight excluding hydrogens is 267 g/mol. The molecule has 2 aromatic rings. The van der Waals surface area contributed by atoms with Crippen LogP contribution in [0.15, 0.2) is 18.2 Å². The lowest BCUT2D eigenvalue weighted by Gasteiger charge is -2.23. The third kappa shape index (κ3) is 1.70. The summed E-state index contributed by atoms with van der Waals surface area (Å²) in [7, 11) is 0. The zero-order chi connectivity index (χ0) is 14.4. The average Bonchev–Trinajstić information content (AvgIpc) is 2.63. The molecular formula is C13H11FN2O4. The van der Waals surface area contributed by atoms with E-state index in [-0.39, 0.29) is 29.5 Å². The van der Waals surface area contributed by atoms with Crippen molar-refractivity contribution in [1.82, 2.24) is 9.88 Å². The van der Waals surface area contributed by atoms with Gasteiger partial charge in [0.05, 0.1) is 5.39 Å². The summed E-state index contributed by atoms with van der Waals surface area (Å²) in [6.07, 6.45) is 0.271. The third-order valence-electron chi connectivity index (χ3n) is 3.44. The summed E-state index contributed by atoms with van der Waals surface area (Å²) in [6.45, 7) is 0. The Kier molecular flexibility index (Phi) is 2.63. The van der Waals surface area contributed by atoms with Crippen LogP contribution < -0.4 is 5.32 Å². The molecule has 1 aliphatic rings. The Bertz CT molecular complexity index is 738. The van der Waals surface area contributed by atoms with Crippen molar-refractivity contribution in [2.75, 3.05) is 0 Å². The molecule has 1 saturated heterocycles. The molecule has 2 heterocycles. The normalized spacial score (nSPS) is 19.4. The first-order valence-corrected chi connectivity index (χ1v) is 6.04. The number of nitrogens with one attached hydrogen (secondary N) is 1. The van der Waals surface area contributed by atoms with Crippen molar-refractivity contribution >= 4 is 22.6 Å². The van der Waals surface area contributed by atoms with E-state index in [0.717, 1.165) is 16.7 Å². The van der Waals surface area contributed by atoms with Crippen LogP contribution in [0.1, 0.15) is 18.9 Å². The van der Waals surface area contributed by atoms with Gasteiger partial charge in [0.1, 0.15) is 11.9 Å². The van der Waals surface area contributed by atoms with Crippen LogP contribution in [-0.4, -0.2) is 26.6 Å². The predicted octanol–water partition coefficient (Wildman–Crippen LogP) is 1.17. The molecule has 0 saturated carbocycles. The van der Waals surface area contributed by atoms with Crippen molar-refractivity contribution in [3.05, 3.63) is 24.0 Å². The minimum absolute atomic E-state index is 0.109. The molecule has 0 bridgehead atoms. The van der Waals surface area contributed by atoms with E-state index >= 15 is 0 Å². The zero-order valence-corrected chi connectivity index (χ0v) is 10.3. The summed E-state index contributed by atoms with van der Waals surface area (Å²) >= 11 is 0. The molecule has 0 spiro atoms. The third-order valence-corrected chi connectivity index (χ3v) is 3.44. The molecule has 7 heteroatoms. The number of hydrogen-bond donors (Lipinski definition) is 3. The monoisotopic (exact) mass is 278 g/mol. The Morgan fingerprint density at radius 1 is 1.20 bits per heavy atom. The molecule has 0 radical (unpaired) electrons. The molecule has 3 rings (SSSR count). The van der Waals surface area contributed by atoms with E-state index in [4.69, 9.17) is 0 Å². The molecule has 1 unspecified atom stereocenters. The Morgan fingerprint density at radius 2 is 1.90 bits per heavy atom. The number of benzene rings is 1. The highest BCUT2D eigenvalue weighted by atomic mass is 19.1. The van der Waals surface area contributed by atoms with Gasteiger partial charge in [-0.1, -0.05) is 0 Å². The Morgan fingerprint density at radius 3 is 2.60 bits per heavy atom. The predicted molar refractivity (Wildman–Crippen MR) is 66.6 cm³/mol. The second-order valence-electron chi connectivity index (χ2n) is 4.67. The maximum atomic E-state index is 13.2. The number of fused-ring (bicyclic) bond motifs is 1. The summed E-state index contributed by atoms with van der Waals surface area (Å²) in [5.41, 5.74) is 0. The van der Waals surface area contributed by atoms with E-state index in [1.54, 1.807) is 0 Å². The summed E-state index contributed by atoms with van der Waals surface area (Å²) in [5, 5.41) is 22.7. The minimum Gasteiger partial charge on any atom is -0.494 e. The number of carbonyl (C=O) groups is 2. The summed E-state index contributed by atoms with van der Waals surface area (Å²) in [5.74, 6) is -2.28. The van der Waals surface area contributed by atoms with Crippen molar-refractivity contribution < 1.29 is 24.2 Å². The fourth-order valence-corrected chi connectivity index (χ4v) is 2.48. The Hall–Kier alpha value is -2.57. The number of nitrogens with zero attached hydrogens (tertiary/aromatic N) is 1. The number of carbonyl (C=O) groups excluding carboxylic acids is 2.